The van der Waals surface area contributed by atoms with E-state index in [2.05, 4.69) is 5.32 Å². The van der Waals surface area contributed by atoms with Crippen molar-refractivity contribution in [2.75, 3.05) is 33.4 Å². The Morgan fingerprint density at radius 2 is 2.06 bits per heavy atom. The summed E-state index contributed by atoms with van der Waals surface area (Å²) in [5.41, 5.74) is -1.84. The third kappa shape index (κ3) is 1.63. The fourth-order valence-corrected chi connectivity index (χ4v) is 2.80. The lowest BCUT2D eigenvalue weighted by Gasteiger charge is -2.44. The summed E-state index contributed by atoms with van der Waals surface area (Å²) in [6.07, 6.45) is 1.70. The zero-order valence-corrected chi connectivity index (χ0v) is 9.62. The monoisotopic (exact) mass is 229 g/mol. The van der Waals surface area contributed by atoms with Gasteiger partial charge in [-0.05, 0) is 32.4 Å². The molecular weight excluding hydrogens is 210 g/mol. The first-order valence-electron chi connectivity index (χ1n) is 5.74. The Balaban J connectivity index is 2.27. The average Bonchev–Trinajstić information content (AvgIpc) is 2.80. The summed E-state index contributed by atoms with van der Waals surface area (Å²) in [7, 11) is 1.37. The molecule has 16 heavy (non-hydrogen) atoms. The summed E-state index contributed by atoms with van der Waals surface area (Å²) in [5, 5.41) is 13.9. The predicted molar refractivity (Wildman–Crippen MR) is 56.9 cm³/mol. The van der Waals surface area contributed by atoms with Gasteiger partial charge < -0.3 is 19.9 Å². The van der Waals surface area contributed by atoms with Crippen LogP contribution in [0.25, 0.3) is 0 Å². The van der Waals surface area contributed by atoms with Crippen LogP contribution in [0.15, 0.2) is 0 Å². The summed E-state index contributed by atoms with van der Waals surface area (Å²) < 4.78 is 10.2. The smallest absolute Gasteiger partial charge is 0.317 e. The van der Waals surface area contributed by atoms with Crippen molar-refractivity contribution in [3.63, 3.8) is 0 Å². The third-order valence-electron chi connectivity index (χ3n) is 3.92. The zero-order chi connectivity index (χ0) is 11.6. The second kappa shape index (κ2) is 4.31. The molecule has 1 unspecified atom stereocenters. The molecule has 0 radical (unpaired) electrons. The molecule has 0 aliphatic carbocycles. The van der Waals surface area contributed by atoms with E-state index in [1.165, 1.54) is 7.11 Å². The van der Waals surface area contributed by atoms with E-state index in [-0.39, 0.29) is 12.6 Å². The fraction of sp³-hybridized carbons (Fsp3) is 0.909. The Bertz CT molecular complexity index is 267. The van der Waals surface area contributed by atoms with Crippen molar-refractivity contribution in [2.24, 2.45) is 5.41 Å². The fourth-order valence-electron chi connectivity index (χ4n) is 2.80. The molecule has 2 N–H and O–H groups in total. The van der Waals surface area contributed by atoms with Crippen LogP contribution in [0, 0.1) is 5.41 Å². The molecular formula is C11H19NO4. The molecule has 0 bridgehead atoms. The molecule has 2 heterocycles. The minimum atomic E-state index is -0.984. The summed E-state index contributed by atoms with van der Waals surface area (Å²) in [5.74, 6) is -0.339. The molecule has 2 fully saturated rings. The zero-order valence-electron chi connectivity index (χ0n) is 9.62. The van der Waals surface area contributed by atoms with Crippen molar-refractivity contribution in [3.8, 4) is 0 Å². The SMILES string of the molecule is COC(=O)C1(C2(O)CCNCC2)CCOC1. The van der Waals surface area contributed by atoms with E-state index in [1.807, 2.05) is 0 Å². The van der Waals surface area contributed by atoms with E-state index in [9.17, 15) is 9.90 Å². The Labute approximate surface area is 95.1 Å². The summed E-state index contributed by atoms with van der Waals surface area (Å²) in [6, 6.07) is 0. The lowest BCUT2D eigenvalue weighted by atomic mass is 9.66. The Morgan fingerprint density at radius 1 is 1.38 bits per heavy atom. The molecule has 2 rings (SSSR count). The van der Waals surface area contributed by atoms with Gasteiger partial charge in [-0.15, -0.1) is 0 Å². The molecule has 0 aromatic heterocycles. The second-order valence-electron chi connectivity index (χ2n) is 4.66. The number of ether oxygens (including phenoxy) is 2. The van der Waals surface area contributed by atoms with Crippen LogP contribution in [0.5, 0.6) is 0 Å². The van der Waals surface area contributed by atoms with Gasteiger partial charge in [-0.1, -0.05) is 0 Å². The number of carbonyl (C=O) groups excluding carboxylic acids is 1. The molecule has 0 amide bonds. The van der Waals surface area contributed by atoms with Gasteiger partial charge in [0, 0.05) is 6.61 Å². The van der Waals surface area contributed by atoms with Crippen LogP contribution in [0.1, 0.15) is 19.3 Å². The number of esters is 1. The minimum absolute atomic E-state index is 0.274. The summed E-state index contributed by atoms with van der Waals surface area (Å²) >= 11 is 0. The molecule has 0 aromatic carbocycles. The predicted octanol–water partition coefficient (Wildman–Crippen LogP) is -0.319. The molecule has 0 spiro atoms. The molecule has 2 saturated heterocycles. The highest BCUT2D eigenvalue weighted by atomic mass is 16.5. The van der Waals surface area contributed by atoms with Gasteiger partial charge in [-0.3, -0.25) is 4.79 Å². The quantitative estimate of drug-likeness (QED) is 0.635. The lowest BCUT2D eigenvalue weighted by Crippen LogP contribution is -2.58. The molecule has 0 saturated carbocycles. The summed E-state index contributed by atoms with van der Waals surface area (Å²) in [4.78, 5) is 12.0. The van der Waals surface area contributed by atoms with Gasteiger partial charge in [0.15, 0.2) is 0 Å². The maximum Gasteiger partial charge on any atom is 0.317 e. The van der Waals surface area contributed by atoms with Crippen molar-refractivity contribution in [1.82, 2.24) is 5.32 Å². The van der Waals surface area contributed by atoms with Gasteiger partial charge in [-0.2, -0.15) is 0 Å². The number of rotatable bonds is 2. The molecule has 5 nitrogen and oxygen atoms in total. The number of carbonyl (C=O) groups is 1. The Kier molecular flexibility index (Phi) is 3.19. The van der Waals surface area contributed by atoms with Crippen LogP contribution in [-0.4, -0.2) is 50.1 Å². The van der Waals surface area contributed by atoms with E-state index in [0.717, 1.165) is 13.1 Å². The van der Waals surface area contributed by atoms with Crippen molar-refractivity contribution in [2.45, 2.75) is 24.9 Å². The highest BCUT2D eigenvalue weighted by molar-refractivity contribution is 5.79. The van der Waals surface area contributed by atoms with Gasteiger partial charge in [0.25, 0.3) is 0 Å². The molecule has 0 aromatic rings. The highest BCUT2D eigenvalue weighted by Crippen LogP contribution is 2.45. The van der Waals surface area contributed by atoms with Crippen molar-refractivity contribution in [1.29, 1.82) is 0 Å². The van der Waals surface area contributed by atoms with Crippen molar-refractivity contribution >= 4 is 5.97 Å². The molecule has 5 heteroatoms. The van der Waals surface area contributed by atoms with Crippen LogP contribution >= 0.6 is 0 Å². The van der Waals surface area contributed by atoms with Crippen molar-refractivity contribution in [3.05, 3.63) is 0 Å². The minimum Gasteiger partial charge on any atom is -0.468 e. The maximum absolute atomic E-state index is 12.0. The average molecular weight is 229 g/mol. The lowest BCUT2D eigenvalue weighted by molar-refractivity contribution is -0.177. The topological polar surface area (TPSA) is 67.8 Å². The van der Waals surface area contributed by atoms with E-state index in [0.29, 0.717) is 25.9 Å². The second-order valence-corrected chi connectivity index (χ2v) is 4.66. The molecule has 92 valence electrons. The van der Waals surface area contributed by atoms with Crippen LogP contribution in [0.3, 0.4) is 0 Å². The normalized spacial score (nSPS) is 33.6. The maximum atomic E-state index is 12.0. The standard InChI is InChI=1S/C11H19NO4/c1-15-9(13)10(4-7-16-8-10)11(14)2-5-12-6-3-11/h12,14H,2-8H2,1H3. The largest absolute Gasteiger partial charge is 0.468 e. The van der Waals surface area contributed by atoms with E-state index in [1.54, 1.807) is 0 Å². The number of piperidine rings is 1. The van der Waals surface area contributed by atoms with Crippen LogP contribution in [0.4, 0.5) is 0 Å². The van der Waals surface area contributed by atoms with Gasteiger partial charge in [0.1, 0.15) is 5.41 Å². The van der Waals surface area contributed by atoms with Crippen LogP contribution in [0.2, 0.25) is 0 Å². The van der Waals surface area contributed by atoms with Gasteiger partial charge in [0.05, 0.1) is 19.3 Å². The van der Waals surface area contributed by atoms with Crippen LogP contribution in [-0.2, 0) is 14.3 Å². The first kappa shape index (κ1) is 11.8. The number of methoxy groups -OCH3 is 1. The highest BCUT2D eigenvalue weighted by Gasteiger charge is 2.58. The molecule has 2 aliphatic heterocycles. The van der Waals surface area contributed by atoms with E-state index < -0.39 is 11.0 Å². The number of nitrogens with one attached hydrogen (secondary N) is 1. The van der Waals surface area contributed by atoms with Gasteiger partial charge >= 0.3 is 5.97 Å². The van der Waals surface area contributed by atoms with Crippen molar-refractivity contribution < 1.29 is 19.4 Å². The Hall–Kier alpha value is -0.650. The molecule has 2 aliphatic rings. The number of hydrogen-bond acceptors (Lipinski definition) is 5. The van der Waals surface area contributed by atoms with Gasteiger partial charge in [0.2, 0.25) is 0 Å². The summed E-state index contributed by atoms with van der Waals surface area (Å²) in [6.45, 7) is 2.26. The van der Waals surface area contributed by atoms with Gasteiger partial charge in [-0.25, -0.2) is 0 Å². The van der Waals surface area contributed by atoms with E-state index >= 15 is 0 Å². The molecule has 1 atom stereocenters. The first-order valence-corrected chi connectivity index (χ1v) is 5.74. The first-order chi connectivity index (χ1) is 7.65. The Morgan fingerprint density at radius 3 is 2.56 bits per heavy atom. The van der Waals surface area contributed by atoms with Crippen LogP contribution < -0.4 is 5.32 Å². The number of hydrogen-bond donors (Lipinski definition) is 2. The number of aliphatic hydroxyl groups is 1. The van der Waals surface area contributed by atoms with E-state index in [4.69, 9.17) is 9.47 Å². The third-order valence-corrected chi connectivity index (χ3v) is 3.92.